The Labute approximate surface area is 133 Å². The summed E-state index contributed by atoms with van der Waals surface area (Å²) in [4.78, 5) is 14.6. The summed E-state index contributed by atoms with van der Waals surface area (Å²) in [5.74, 6) is -2.42. The normalized spacial score (nSPS) is 21.5. The minimum absolute atomic E-state index is 0. The summed E-state index contributed by atoms with van der Waals surface area (Å²) in [6, 6.07) is 6.63. The Balaban J connectivity index is 0.00000220. The molecule has 0 aromatic heterocycles. The maximum absolute atomic E-state index is 12.6. The van der Waals surface area contributed by atoms with Crippen LogP contribution in [-0.4, -0.2) is 35.7 Å². The van der Waals surface area contributed by atoms with Gasteiger partial charge < -0.3 is 10.6 Å². The van der Waals surface area contributed by atoms with E-state index in [0.29, 0.717) is 41.2 Å². The molecule has 1 amide bonds. The summed E-state index contributed by atoms with van der Waals surface area (Å²) < 4.78 is 25.1. The number of carbonyl (C=O) groups excluding carboxylic acids is 1. The molecule has 0 saturated carbocycles. The van der Waals surface area contributed by atoms with Crippen LogP contribution in [0.15, 0.2) is 29.2 Å². The number of rotatable bonds is 4. The van der Waals surface area contributed by atoms with Crippen molar-refractivity contribution >= 4 is 30.1 Å². The molecule has 1 saturated heterocycles. The number of likely N-dealkylation sites (tertiary alicyclic amines) is 1. The Morgan fingerprint density at radius 2 is 2.14 bits per heavy atom. The van der Waals surface area contributed by atoms with Gasteiger partial charge in [0, 0.05) is 17.5 Å². The van der Waals surface area contributed by atoms with E-state index in [1.165, 1.54) is 0 Å². The highest BCUT2D eigenvalue weighted by molar-refractivity contribution is 7.99. The highest BCUT2D eigenvalue weighted by Gasteiger charge is 2.33. The molecule has 2 rings (SSSR count). The second kappa shape index (κ2) is 7.96. The van der Waals surface area contributed by atoms with Gasteiger partial charge in [-0.25, -0.2) is 0 Å². The minimum Gasteiger partial charge on any atom is -0.336 e. The van der Waals surface area contributed by atoms with Crippen LogP contribution in [0, 0.1) is 5.92 Å². The third-order valence-corrected chi connectivity index (χ3v) is 4.38. The van der Waals surface area contributed by atoms with Crippen LogP contribution in [-0.2, 0) is 0 Å². The number of benzene rings is 1. The summed E-state index contributed by atoms with van der Waals surface area (Å²) in [7, 11) is 0. The van der Waals surface area contributed by atoms with E-state index in [4.69, 9.17) is 5.73 Å². The average Bonchev–Trinajstić information content (AvgIpc) is 2.79. The predicted octanol–water partition coefficient (Wildman–Crippen LogP) is 3.23. The molecule has 1 heterocycles. The van der Waals surface area contributed by atoms with Crippen LogP contribution in [0.25, 0.3) is 0 Å². The number of halogens is 3. The number of thioether (sulfide) groups is 1. The van der Waals surface area contributed by atoms with Crippen LogP contribution in [0.3, 0.4) is 0 Å². The zero-order chi connectivity index (χ0) is 14.7. The lowest BCUT2D eigenvalue weighted by Crippen LogP contribution is -2.34. The van der Waals surface area contributed by atoms with Gasteiger partial charge in [0.15, 0.2) is 0 Å². The van der Waals surface area contributed by atoms with Crippen molar-refractivity contribution in [3.05, 3.63) is 29.8 Å². The summed E-state index contributed by atoms with van der Waals surface area (Å²) >= 11 is 0.414. The smallest absolute Gasteiger partial charge is 0.288 e. The van der Waals surface area contributed by atoms with Crippen molar-refractivity contribution in [1.29, 1.82) is 0 Å². The van der Waals surface area contributed by atoms with Crippen molar-refractivity contribution in [2.45, 2.75) is 30.0 Å². The molecule has 118 valence electrons. The Kier molecular flexibility index (Phi) is 6.90. The molecular weight excluding hydrogens is 318 g/mol. The van der Waals surface area contributed by atoms with Gasteiger partial charge in [-0.2, -0.15) is 8.78 Å². The fraction of sp³-hybridized carbons (Fsp3) is 0.500. The average molecular weight is 337 g/mol. The van der Waals surface area contributed by atoms with Crippen molar-refractivity contribution in [2.24, 2.45) is 11.7 Å². The number of alkyl halides is 2. The summed E-state index contributed by atoms with van der Waals surface area (Å²) in [5.41, 5.74) is 6.00. The van der Waals surface area contributed by atoms with Gasteiger partial charge in [0.05, 0.1) is 5.56 Å². The number of hydrogen-bond donors (Lipinski definition) is 1. The monoisotopic (exact) mass is 336 g/mol. The molecule has 1 aliphatic rings. The Morgan fingerprint density at radius 1 is 1.48 bits per heavy atom. The van der Waals surface area contributed by atoms with Crippen molar-refractivity contribution in [3.8, 4) is 0 Å². The number of hydrogen-bond acceptors (Lipinski definition) is 3. The quantitative estimate of drug-likeness (QED) is 0.859. The van der Waals surface area contributed by atoms with Gasteiger partial charge in [0.2, 0.25) is 0 Å². The van der Waals surface area contributed by atoms with E-state index >= 15 is 0 Å². The van der Waals surface area contributed by atoms with Gasteiger partial charge in [-0.05, 0) is 37.9 Å². The molecule has 2 unspecified atom stereocenters. The summed E-state index contributed by atoms with van der Waals surface area (Å²) in [6.45, 7) is 3.11. The molecule has 2 N–H and O–H groups in total. The van der Waals surface area contributed by atoms with Crippen LogP contribution in [0.2, 0.25) is 0 Å². The van der Waals surface area contributed by atoms with E-state index in [1.807, 2.05) is 6.92 Å². The number of nitrogens with zero attached hydrogens (tertiary/aromatic N) is 1. The molecule has 0 spiro atoms. The molecule has 0 radical (unpaired) electrons. The van der Waals surface area contributed by atoms with Gasteiger partial charge in [0.1, 0.15) is 0 Å². The largest absolute Gasteiger partial charge is 0.336 e. The fourth-order valence-corrected chi connectivity index (χ4v) is 3.22. The number of carbonyl (C=O) groups is 1. The fourth-order valence-electron chi connectivity index (χ4n) is 2.59. The molecule has 1 fully saturated rings. The molecular formula is C14H19ClF2N2OS. The van der Waals surface area contributed by atoms with Gasteiger partial charge in [-0.15, -0.1) is 12.4 Å². The van der Waals surface area contributed by atoms with Crippen LogP contribution >= 0.6 is 24.2 Å². The summed E-state index contributed by atoms with van der Waals surface area (Å²) in [6.07, 6.45) is 0.867. The van der Waals surface area contributed by atoms with Crippen LogP contribution in [0.1, 0.15) is 23.7 Å². The third kappa shape index (κ3) is 4.31. The molecule has 7 heteroatoms. The van der Waals surface area contributed by atoms with E-state index in [1.54, 1.807) is 29.2 Å². The van der Waals surface area contributed by atoms with E-state index in [9.17, 15) is 13.6 Å². The van der Waals surface area contributed by atoms with E-state index in [-0.39, 0.29) is 24.4 Å². The van der Waals surface area contributed by atoms with Crippen molar-refractivity contribution < 1.29 is 13.6 Å². The molecule has 3 nitrogen and oxygen atoms in total. The molecule has 1 aliphatic heterocycles. The molecule has 0 aliphatic carbocycles. The van der Waals surface area contributed by atoms with Crippen molar-refractivity contribution in [1.82, 2.24) is 4.90 Å². The van der Waals surface area contributed by atoms with Gasteiger partial charge in [0.25, 0.3) is 11.7 Å². The number of amides is 1. The predicted molar refractivity (Wildman–Crippen MR) is 83.2 cm³/mol. The Hall–Kier alpha value is -0.850. The molecule has 21 heavy (non-hydrogen) atoms. The van der Waals surface area contributed by atoms with Crippen LogP contribution < -0.4 is 5.73 Å². The Bertz CT molecular complexity index is 490. The first kappa shape index (κ1) is 18.2. The summed E-state index contributed by atoms with van der Waals surface area (Å²) in [5, 5.41) is 0. The lowest BCUT2D eigenvalue weighted by Gasteiger charge is -2.22. The maximum Gasteiger partial charge on any atom is 0.288 e. The first-order valence-electron chi connectivity index (χ1n) is 6.57. The van der Waals surface area contributed by atoms with Gasteiger partial charge >= 0.3 is 0 Å². The Morgan fingerprint density at radius 3 is 2.71 bits per heavy atom. The SMILES string of the molecule is CC1CC(CN)CN1C(=O)c1ccccc1SC(F)F.Cl. The topological polar surface area (TPSA) is 46.3 Å². The molecule has 1 aromatic rings. The van der Waals surface area contributed by atoms with E-state index < -0.39 is 5.76 Å². The van der Waals surface area contributed by atoms with Crippen molar-refractivity contribution in [3.63, 3.8) is 0 Å². The van der Waals surface area contributed by atoms with Crippen LogP contribution in [0.4, 0.5) is 8.78 Å². The first-order chi connectivity index (χ1) is 9.52. The van der Waals surface area contributed by atoms with E-state index in [0.717, 1.165) is 6.42 Å². The molecule has 2 atom stereocenters. The van der Waals surface area contributed by atoms with Crippen LogP contribution in [0.5, 0.6) is 0 Å². The van der Waals surface area contributed by atoms with Gasteiger partial charge in [-0.3, -0.25) is 4.79 Å². The van der Waals surface area contributed by atoms with E-state index in [2.05, 4.69) is 0 Å². The highest BCUT2D eigenvalue weighted by Crippen LogP contribution is 2.31. The lowest BCUT2D eigenvalue weighted by molar-refractivity contribution is 0.0740. The highest BCUT2D eigenvalue weighted by atomic mass is 35.5. The minimum atomic E-state index is -2.53. The van der Waals surface area contributed by atoms with Crippen molar-refractivity contribution in [2.75, 3.05) is 13.1 Å². The lowest BCUT2D eigenvalue weighted by atomic mass is 10.1. The zero-order valence-electron chi connectivity index (χ0n) is 11.7. The molecule has 0 bridgehead atoms. The maximum atomic E-state index is 12.6. The van der Waals surface area contributed by atoms with Gasteiger partial charge in [-0.1, -0.05) is 23.9 Å². The zero-order valence-corrected chi connectivity index (χ0v) is 13.3. The number of nitrogens with two attached hydrogens (primary N) is 1. The molecule has 1 aromatic carbocycles. The second-order valence-corrected chi connectivity index (χ2v) is 6.05. The third-order valence-electron chi connectivity index (χ3n) is 3.59. The standard InChI is InChI=1S/C14H18F2N2OS.ClH/c1-9-6-10(7-17)8-18(9)13(19)11-4-2-3-5-12(11)20-14(15)16;/h2-5,9-10,14H,6-8,17H2,1H3;1H. The first-order valence-corrected chi connectivity index (χ1v) is 7.45. The second-order valence-electron chi connectivity index (χ2n) is 5.02.